The number of hydrogen-bond donors (Lipinski definition) is 5. The average molecular weight is 828 g/mol. The van der Waals surface area contributed by atoms with E-state index in [0.717, 1.165) is 30.0 Å². The lowest BCUT2D eigenvalue weighted by Crippen LogP contribution is -2.41. The van der Waals surface area contributed by atoms with Crippen LogP contribution < -0.4 is 40.2 Å². The molecular weight excluding hydrogens is 778 g/mol. The van der Waals surface area contributed by atoms with Crippen LogP contribution in [0, 0.1) is 0 Å². The minimum atomic E-state index is -3.65. The highest BCUT2D eigenvalue weighted by molar-refractivity contribution is 7.92. The van der Waals surface area contributed by atoms with Crippen molar-refractivity contribution >= 4 is 61.3 Å². The smallest absolute Gasteiger partial charge is 0.323 e. The predicted octanol–water partition coefficient (Wildman–Crippen LogP) is 8.61. The van der Waals surface area contributed by atoms with Crippen molar-refractivity contribution in [3.8, 4) is 23.0 Å². The van der Waals surface area contributed by atoms with E-state index in [1.807, 2.05) is 45.0 Å². The molecule has 5 aromatic rings. The number of halogens is 1. The first-order valence-corrected chi connectivity index (χ1v) is 21.1. The number of methoxy groups -OCH3 is 2. The fourth-order valence-corrected chi connectivity index (χ4v) is 7.33. The van der Waals surface area contributed by atoms with Gasteiger partial charge in [0.25, 0.3) is 5.91 Å². The maximum atomic E-state index is 14.2. The summed E-state index contributed by atoms with van der Waals surface area (Å²) in [5.41, 5.74) is 2.37. The second kappa shape index (κ2) is 18.2. The second-order valence-electron chi connectivity index (χ2n) is 15.2. The van der Waals surface area contributed by atoms with Crippen LogP contribution in [0.2, 0.25) is 0 Å². The number of aromatic nitrogens is 1. The minimum absolute atomic E-state index is 0.162. The number of carbonyl (C=O) groups is 2. The molecule has 16 heteroatoms. The Kier molecular flexibility index (Phi) is 13.1. The molecule has 0 radical (unpaired) electrons. The van der Waals surface area contributed by atoms with E-state index in [1.165, 1.54) is 14.2 Å². The number of ether oxygens (including phenoxy) is 3. The lowest BCUT2D eigenvalue weighted by molar-refractivity contribution is 0.0470. The minimum Gasteiger partial charge on any atom is -0.496 e. The molecule has 14 nitrogen and oxygen atoms in total. The molecule has 3 amide bonds. The zero-order chi connectivity index (χ0) is 42.3. The van der Waals surface area contributed by atoms with Gasteiger partial charge < -0.3 is 35.5 Å². The Balaban J connectivity index is 1.15. The molecule has 59 heavy (non-hydrogen) atoms. The first kappa shape index (κ1) is 42.5. The largest absolute Gasteiger partial charge is 0.496 e. The molecule has 312 valence electrons. The van der Waals surface area contributed by atoms with Gasteiger partial charge in [-0.1, -0.05) is 45.0 Å². The molecule has 4 aromatic carbocycles. The van der Waals surface area contributed by atoms with Crippen molar-refractivity contribution in [3.05, 3.63) is 96.2 Å². The lowest BCUT2D eigenvalue weighted by atomic mass is 9.86. The number of anilines is 5. The van der Waals surface area contributed by atoms with Gasteiger partial charge in [0.2, 0.25) is 10.0 Å². The number of urea groups is 1. The van der Waals surface area contributed by atoms with Crippen LogP contribution in [0.4, 0.5) is 37.8 Å². The molecule has 6 rings (SSSR count). The fraction of sp³-hybridized carbons (Fsp3) is 0.326. The molecule has 0 saturated carbocycles. The molecule has 1 unspecified atom stereocenters. The van der Waals surface area contributed by atoms with Crippen LogP contribution in [0.5, 0.6) is 23.0 Å². The summed E-state index contributed by atoms with van der Waals surface area (Å²) in [6.07, 6.45) is 4.03. The van der Waals surface area contributed by atoms with Crippen LogP contribution in [0.1, 0.15) is 56.0 Å². The van der Waals surface area contributed by atoms with Crippen LogP contribution in [0.3, 0.4) is 0 Å². The van der Waals surface area contributed by atoms with Crippen LogP contribution in [0.15, 0.2) is 85.1 Å². The van der Waals surface area contributed by atoms with E-state index in [-0.39, 0.29) is 28.4 Å². The Morgan fingerprint density at radius 1 is 0.881 bits per heavy atom. The zero-order valence-electron chi connectivity index (χ0n) is 33.9. The number of piperidine rings is 1. The van der Waals surface area contributed by atoms with Crippen LogP contribution >= 0.6 is 0 Å². The van der Waals surface area contributed by atoms with Gasteiger partial charge in [-0.3, -0.25) is 14.4 Å². The molecule has 1 saturated heterocycles. The van der Waals surface area contributed by atoms with Crippen molar-refractivity contribution in [2.24, 2.45) is 0 Å². The molecule has 0 spiro atoms. The Morgan fingerprint density at radius 2 is 1.63 bits per heavy atom. The third-order valence-corrected chi connectivity index (χ3v) is 10.3. The molecule has 5 N–H and O–H groups in total. The molecule has 1 fully saturated rings. The summed E-state index contributed by atoms with van der Waals surface area (Å²) in [6, 6.07) is 22.3. The van der Waals surface area contributed by atoms with Crippen molar-refractivity contribution in [3.63, 3.8) is 0 Å². The molecular formula is C43H50FN7O7S. The van der Waals surface area contributed by atoms with Gasteiger partial charge >= 0.3 is 6.03 Å². The highest BCUT2D eigenvalue weighted by Gasteiger charge is 2.24. The standard InChI is InChI=1S/C43H50FN7O7S/c1-43(2,3)27-23-34(40(57-5)35(24-27)50-59(6,54)55)49-42(53)48-33-16-17-36(31-12-8-7-11-30(31)33)58-29-18-19-45-39(26-29)47-28-14-15-32(37(25-28)56-4)41(52)46-20-22-51-21-10-9-13-38(51)44/h7-8,11-12,14-19,23-26,38,50H,9-10,13,20-22H2,1-6H3,(H,45,47)(H,46,52)(H2,48,49,53). The number of carbonyl (C=O) groups excluding carboxylic acids is 2. The number of amides is 3. The number of alkyl halides is 1. The lowest BCUT2D eigenvalue weighted by Gasteiger charge is -2.30. The molecule has 2 heterocycles. The van der Waals surface area contributed by atoms with Gasteiger partial charge in [-0.05, 0) is 72.7 Å². The summed E-state index contributed by atoms with van der Waals surface area (Å²) in [5.74, 6) is 1.70. The number of benzene rings is 4. The van der Waals surface area contributed by atoms with E-state index in [1.54, 1.807) is 65.7 Å². The summed E-state index contributed by atoms with van der Waals surface area (Å²) in [4.78, 5) is 32.7. The number of likely N-dealkylation sites (tertiary alicyclic amines) is 1. The van der Waals surface area contributed by atoms with Crippen molar-refractivity contribution in [2.45, 2.75) is 51.7 Å². The Morgan fingerprint density at radius 3 is 2.34 bits per heavy atom. The van der Waals surface area contributed by atoms with Gasteiger partial charge in [-0.15, -0.1) is 0 Å². The summed E-state index contributed by atoms with van der Waals surface area (Å²) in [5, 5.41) is 13.3. The van der Waals surface area contributed by atoms with E-state index < -0.39 is 22.4 Å². The highest BCUT2D eigenvalue weighted by atomic mass is 32.2. The number of sulfonamides is 1. The summed E-state index contributed by atoms with van der Waals surface area (Å²) in [7, 11) is -0.762. The van der Waals surface area contributed by atoms with Gasteiger partial charge in [-0.25, -0.2) is 22.6 Å². The van der Waals surface area contributed by atoms with Crippen molar-refractivity contribution in [1.82, 2.24) is 15.2 Å². The number of nitrogens with zero attached hydrogens (tertiary/aromatic N) is 2. The van der Waals surface area contributed by atoms with Crippen LogP contribution in [-0.2, 0) is 15.4 Å². The van der Waals surface area contributed by atoms with Gasteiger partial charge in [0.1, 0.15) is 23.1 Å². The number of hydrogen-bond acceptors (Lipinski definition) is 10. The fourth-order valence-electron chi connectivity index (χ4n) is 6.78. The maximum absolute atomic E-state index is 14.2. The van der Waals surface area contributed by atoms with Crippen molar-refractivity contribution in [2.75, 3.05) is 60.8 Å². The van der Waals surface area contributed by atoms with Gasteiger partial charge in [0.15, 0.2) is 12.0 Å². The van der Waals surface area contributed by atoms with E-state index >= 15 is 0 Å². The summed E-state index contributed by atoms with van der Waals surface area (Å²) >= 11 is 0. The molecule has 0 aliphatic carbocycles. The number of nitrogens with one attached hydrogen (secondary N) is 5. The van der Waals surface area contributed by atoms with E-state index in [4.69, 9.17) is 14.2 Å². The first-order valence-electron chi connectivity index (χ1n) is 19.2. The highest BCUT2D eigenvalue weighted by Crippen LogP contribution is 2.40. The normalized spacial score (nSPS) is 14.6. The number of rotatable bonds is 14. The summed E-state index contributed by atoms with van der Waals surface area (Å²) in [6.45, 7) is 7.38. The van der Waals surface area contributed by atoms with Gasteiger partial charge in [0.05, 0.1) is 43.1 Å². The monoisotopic (exact) mass is 827 g/mol. The maximum Gasteiger partial charge on any atom is 0.323 e. The Bertz CT molecular complexity index is 2440. The third-order valence-electron chi connectivity index (χ3n) is 9.73. The molecule has 1 aliphatic rings. The number of fused-ring (bicyclic) bond motifs is 1. The zero-order valence-corrected chi connectivity index (χ0v) is 34.8. The number of pyridine rings is 1. The van der Waals surface area contributed by atoms with Crippen molar-refractivity contribution in [1.29, 1.82) is 0 Å². The predicted molar refractivity (Wildman–Crippen MR) is 230 cm³/mol. The molecule has 1 atom stereocenters. The SMILES string of the molecule is COc1cc(Nc2cc(Oc3ccc(NC(=O)Nc4cc(C(C)(C)C)cc(NS(C)(=O)=O)c4OC)c4ccccc34)ccn2)ccc1C(=O)NCCN1CCCCC1F. The van der Waals surface area contributed by atoms with E-state index in [2.05, 4.69) is 31.0 Å². The first-order chi connectivity index (χ1) is 28.1. The van der Waals surface area contributed by atoms with Gasteiger partial charge in [0, 0.05) is 54.4 Å². The van der Waals surface area contributed by atoms with Crippen molar-refractivity contribution < 1.29 is 36.6 Å². The van der Waals surface area contributed by atoms with E-state index in [9.17, 15) is 22.4 Å². The van der Waals surface area contributed by atoms with Crippen LogP contribution in [-0.4, -0.2) is 76.6 Å². The van der Waals surface area contributed by atoms with Crippen LogP contribution in [0.25, 0.3) is 10.8 Å². The Labute approximate surface area is 343 Å². The van der Waals surface area contributed by atoms with Gasteiger partial charge in [-0.2, -0.15) is 0 Å². The Hall–Kier alpha value is -6.13. The average Bonchev–Trinajstić information content (AvgIpc) is 3.18. The molecule has 0 bridgehead atoms. The molecule has 1 aliphatic heterocycles. The second-order valence-corrected chi connectivity index (χ2v) is 17.0. The topological polar surface area (TPSA) is 172 Å². The summed E-state index contributed by atoms with van der Waals surface area (Å²) < 4.78 is 58.5. The third kappa shape index (κ3) is 10.9. The quantitative estimate of drug-likeness (QED) is 0.0683. The molecule has 1 aromatic heterocycles. The van der Waals surface area contributed by atoms with E-state index in [0.29, 0.717) is 71.4 Å².